The fourth-order valence-electron chi connectivity index (χ4n) is 2.48. The molecule has 122 valence electrons. The number of carbonyl (C=O) groups is 1. The van der Waals surface area contributed by atoms with Crippen LogP contribution in [0.15, 0.2) is 24.3 Å². The van der Waals surface area contributed by atoms with Gasteiger partial charge in [-0.3, -0.25) is 4.90 Å². The van der Waals surface area contributed by atoms with Gasteiger partial charge in [0.25, 0.3) is 0 Å². The third kappa shape index (κ3) is 3.88. The van der Waals surface area contributed by atoms with Crippen LogP contribution in [0.5, 0.6) is 5.75 Å². The average molecular weight is 323 g/mol. The predicted octanol–water partition coefficient (Wildman–Crippen LogP) is 4.46. The van der Waals surface area contributed by atoms with Gasteiger partial charge in [-0.2, -0.15) is 0 Å². The number of carbonyl (C=O) groups excluding carboxylic acids is 1. The normalized spacial score (nSPS) is 21.9. The van der Waals surface area contributed by atoms with E-state index in [1.54, 1.807) is 18.9 Å². The number of benzene rings is 1. The van der Waals surface area contributed by atoms with Crippen molar-refractivity contribution in [2.45, 2.75) is 51.0 Å². The first-order valence-electron chi connectivity index (χ1n) is 7.61. The maximum Gasteiger partial charge on any atom is 0.411 e. The van der Waals surface area contributed by atoms with Crippen molar-refractivity contribution in [1.82, 2.24) is 4.90 Å². The van der Waals surface area contributed by atoms with Crippen molar-refractivity contribution < 1.29 is 14.3 Å². The van der Waals surface area contributed by atoms with Crippen LogP contribution in [0.1, 0.15) is 45.8 Å². The second-order valence-electron chi connectivity index (χ2n) is 6.41. The van der Waals surface area contributed by atoms with Crippen LogP contribution in [-0.4, -0.2) is 34.8 Å². The molecule has 0 aromatic heterocycles. The van der Waals surface area contributed by atoms with E-state index in [4.69, 9.17) is 9.47 Å². The molecule has 1 aromatic carbocycles. The van der Waals surface area contributed by atoms with Gasteiger partial charge in [-0.25, -0.2) is 4.79 Å². The third-order valence-electron chi connectivity index (χ3n) is 3.71. The van der Waals surface area contributed by atoms with Gasteiger partial charge in [0.15, 0.2) is 0 Å². The maximum atomic E-state index is 12.2. The summed E-state index contributed by atoms with van der Waals surface area (Å²) in [5, 5.41) is 0. The molecule has 0 spiro atoms. The number of nitrogens with zero attached hydrogens (tertiary/aromatic N) is 1. The molecule has 1 saturated heterocycles. The van der Waals surface area contributed by atoms with Crippen molar-refractivity contribution in [1.29, 1.82) is 0 Å². The molecule has 0 radical (unpaired) electrons. The molecule has 2 rings (SSSR count). The fourth-order valence-corrected chi connectivity index (χ4v) is 3.31. The smallest absolute Gasteiger partial charge is 0.411 e. The highest BCUT2D eigenvalue weighted by Crippen LogP contribution is 2.37. The average Bonchev–Trinajstić information content (AvgIpc) is 2.80. The first-order chi connectivity index (χ1) is 10.4. The Hall–Kier alpha value is -1.36. The standard InChI is InChI=1S/C17H25NO3S/c1-6-14-15(12-7-9-13(20-5)10-8-12)21-16(19)18(14)11-22-17(2,3)4/h7-10,14-15H,6,11H2,1-5H3/t14-,15+/m1/s1. The van der Waals surface area contributed by atoms with Gasteiger partial charge >= 0.3 is 6.09 Å². The summed E-state index contributed by atoms with van der Waals surface area (Å²) in [5.41, 5.74) is 1.02. The number of cyclic esters (lactones) is 1. The van der Waals surface area contributed by atoms with Crippen LogP contribution in [0, 0.1) is 0 Å². The molecule has 0 unspecified atom stereocenters. The Morgan fingerprint density at radius 2 is 1.91 bits per heavy atom. The molecule has 1 aromatic rings. The van der Waals surface area contributed by atoms with Crippen LogP contribution < -0.4 is 4.74 Å². The van der Waals surface area contributed by atoms with Gasteiger partial charge < -0.3 is 9.47 Å². The second kappa shape index (κ2) is 6.82. The Balaban J connectivity index is 2.14. The van der Waals surface area contributed by atoms with Gasteiger partial charge in [0.2, 0.25) is 0 Å². The van der Waals surface area contributed by atoms with Crippen molar-refractivity contribution in [2.75, 3.05) is 13.0 Å². The quantitative estimate of drug-likeness (QED) is 0.802. The second-order valence-corrected chi connectivity index (χ2v) is 8.18. The lowest BCUT2D eigenvalue weighted by Crippen LogP contribution is -2.34. The molecular formula is C17H25NO3S. The molecule has 22 heavy (non-hydrogen) atoms. The largest absolute Gasteiger partial charge is 0.497 e. The molecule has 4 nitrogen and oxygen atoms in total. The van der Waals surface area contributed by atoms with E-state index < -0.39 is 0 Å². The molecule has 1 aliphatic rings. The van der Waals surface area contributed by atoms with E-state index in [2.05, 4.69) is 27.7 Å². The molecule has 1 fully saturated rings. The number of amides is 1. The van der Waals surface area contributed by atoms with Gasteiger partial charge in [-0.1, -0.05) is 39.8 Å². The number of ether oxygens (including phenoxy) is 2. The zero-order chi connectivity index (χ0) is 16.3. The first-order valence-corrected chi connectivity index (χ1v) is 8.59. The number of thioether (sulfide) groups is 1. The summed E-state index contributed by atoms with van der Waals surface area (Å²) in [7, 11) is 1.64. The molecule has 0 aliphatic carbocycles. The summed E-state index contributed by atoms with van der Waals surface area (Å²) in [6, 6.07) is 7.83. The SMILES string of the molecule is CC[C@@H]1[C@H](c2ccc(OC)cc2)OC(=O)N1CSC(C)(C)C. The summed E-state index contributed by atoms with van der Waals surface area (Å²) >= 11 is 1.76. The summed E-state index contributed by atoms with van der Waals surface area (Å²) < 4.78 is 10.9. The van der Waals surface area contributed by atoms with Crippen molar-refractivity contribution in [3.63, 3.8) is 0 Å². The molecule has 1 aliphatic heterocycles. The van der Waals surface area contributed by atoms with Crippen molar-refractivity contribution in [3.05, 3.63) is 29.8 Å². The molecule has 0 bridgehead atoms. The number of hydrogen-bond acceptors (Lipinski definition) is 4. The molecule has 1 heterocycles. The summed E-state index contributed by atoms with van der Waals surface area (Å²) in [6.45, 7) is 8.56. The topological polar surface area (TPSA) is 38.8 Å². The Kier molecular flexibility index (Phi) is 5.27. The van der Waals surface area contributed by atoms with E-state index >= 15 is 0 Å². The lowest BCUT2D eigenvalue weighted by atomic mass is 10.0. The number of rotatable bonds is 5. The van der Waals surface area contributed by atoms with E-state index in [1.165, 1.54) is 0 Å². The molecular weight excluding hydrogens is 298 g/mol. The lowest BCUT2D eigenvalue weighted by Gasteiger charge is -2.26. The van der Waals surface area contributed by atoms with Gasteiger partial charge in [-0.15, -0.1) is 11.8 Å². The molecule has 0 N–H and O–H groups in total. The number of hydrogen-bond donors (Lipinski definition) is 0. The zero-order valence-corrected chi connectivity index (χ0v) is 14.8. The highest BCUT2D eigenvalue weighted by Gasteiger charge is 2.41. The van der Waals surface area contributed by atoms with Crippen LogP contribution in [0.25, 0.3) is 0 Å². The molecule has 5 heteroatoms. The minimum atomic E-state index is -0.218. The van der Waals surface area contributed by atoms with Crippen LogP contribution in [-0.2, 0) is 4.74 Å². The van der Waals surface area contributed by atoms with E-state index in [9.17, 15) is 4.79 Å². The van der Waals surface area contributed by atoms with E-state index in [0.29, 0.717) is 5.88 Å². The Morgan fingerprint density at radius 1 is 1.27 bits per heavy atom. The molecule has 0 saturated carbocycles. The van der Waals surface area contributed by atoms with Crippen molar-refractivity contribution in [2.24, 2.45) is 0 Å². The minimum Gasteiger partial charge on any atom is -0.497 e. The Morgan fingerprint density at radius 3 is 2.41 bits per heavy atom. The van der Waals surface area contributed by atoms with E-state index in [1.807, 2.05) is 29.2 Å². The monoisotopic (exact) mass is 323 g/mol. The Labute approximate surface area is 137 Å². The van der Waals surface area contributed by atoms with Crippen LogP contribution >= 0.6 is 11.8 Å². The fraction of sp³-hybridized carbons (Fsp3) is 0.588. The highest BCUT2D eigenvalue weighted by atomic mass is 32.2. The van der Waals surface area contributed by atoms with Gasteiger partial charge in [-0.05, 0) is 24.1 Å². The maximum absolute atomic E-state index is 12.2. The summed E-state index contributed by atoms with van der Waals surface area (Å²) in [5.74, 6) is 1.47. The molecule has 1 amide bonds. The lowest BCUT2D eigenvalue weighted by molar-refractivity contribution is 0.130. The number of methoxy groups -OCH3 is 1. The third-order valence-corrected chi connectivity index (χ3v) is 4.98. The van der Waals surface area contributed by atoms with Crippen LogP contribution in [0.2, 0.25) is 0 Å². The summed E-state index contributed by atoms with van der Waals surface area (Å²) in [4.78, 5) is 14.1. The van der Waals surface area contributed by atoms with Crippen molar-refractivity contribution >= 4 is 17.9 Å². The minimum absolute atomic E-state index is 0.0794. The zero-order valence-electron chi connectivity index (χ0n) is 14.0. The first kappa shape index (κ1) is 17.0. The van der Waals surface area contributed by atoms with Crippen molar-refractivity contribution in [3.8, 4) is 5.75 Å². The molecule has 2 atom stereocenters. The van der Waals surface area contributed by atoms with Gasteiger partial charge in [0.1, 0.15) is 11.9 Å². The summed E-state index contributed by atoms with van der Waals surface area (Å²) in [6.07, 6.45) is 0.445. The van der Waals surface area contributed by atoms with Crippen LogP contribution in [0.4, 0.5) is 4.79 Å². The van der Waals surface area contributed by atoms with Gasteiger partial charge in [0, 0.05) is 4.75 Å². The predicted molar refractivity (Wildman–Crippen MR) is 90.3 cm³/mol. The van der Waals surface area contributed by atoms with Crippen LogP contribution in [0.3, 0.4) is 0 Å². The van der Waals surface area contributed by atoms with E-state index in [0.717, 1.165) is 17.7 Å². The van der Waals surface area contributed by atoms with E-state index in [-0.39, 0.29) is 23.0 Å². The Bertz CT molecular complexity index is 510. The highest BCUT2D eigenvalue weighted by molar-refractivity contribution is 8.00. The van der Waals surface area contributed by atoms with Gasteiger partial charge in [0.05, 0.1) is 19.0 Å².